The minimum atomic E-state index is 0.882. The van der Waals surface area contributed by atoms with Crippen molar-refractivity contribution < 1.29 is 0 Å². The lowest BCUT2D eigenvalue weighted by Crippen LogP contribution is -1.92. The maximum atomic E-state index is 5.26. The molecule has 0 aliphatic heterocycles. The SMILES string of the molecule is [CH]=CC1=CC(=S)CC=C1. The van der Waals surface area contributed by atoms with Gasteiger partial charge < -0.3 is 0 Å². The molecule has 0 nitrogen and oxygen atoms in total. The lowest BCUT2D eigenvalue weighted by atomic mass is 10.1. The third-order valence-electron chi connectivity index (χ3n) is 1.15. The highest BCUT2D eigenvalue weighted by molar-refractivity contribution is 7.80. The summed E-state index contributed by atoms with van der Waals surface area (Å²) >= 11 is 4.95. The highest BCUT2D eigenvalue weighted by atomic mass is 32.1. The highest BCUT2D eigenvalue weighted by Gasteiger charge is 1.95. The van der Waals surface area contributed by atoms with Crippen LogP contribution in [0.15, 0.2) is 29.9 Å². The van der Waals surface area contributed by atoms with E-state index in [0.29, 0.717) is 0 Å². The Labute approximate surface area is 60.6 Å². The summed E-state index contributed by atoms with van der Waals surface area (Å²) in [6.45, 7) is 5.26. The summed E-state index contributed by atoms with van der Waals surface area (Å²) in [6.07, 6.45) is 8.33. The second kappa shape index (κ2) is 2.74. The van der Waals surface area contributed by atoms with Crippen molar-refractivity contribution in [3.63, 3.8) is 0 Å². The Kier molecular flexibility index (Phi) is 1.96. The van der Waals surface area contributed by atoms with Gasteiger partial charge in [-0.1, -0.05) is 37.0 Å². The van der Waals surface area contributed by atoms with Gasteiger partial charge in [0.15, 0.2) is 0 Å². The summed E-state index contributed by atoms with van der Waals surface area (Å²) in [5, 5.41) is 0. The molecule has 1 radical (unpaired) electrons. The van der Waals surface area contributed by atoms with E-state index in [-0.39, 0.29) is 0 Å². The molecule has 0 bridgehead atoms. The number of thiocarbonyl (C=S) groups is 1. The standard InChI is InChI=1S/C8H7S/c1-2-7-4-3-5-8(9)6-7/h1-4,6H,5H2. The Morgan fingerprint density at radius 2 is 2.44 bits per heavy atom. The number of rotatable bonds is 1. The Hall–Kier alpha value is -0.690. The van der Waals surface area contributed by atoms with Crippen LogP contribution < -0.4 is 0 Å². The van der Waals surface area contributed by atoms with E-state index < -0.39 is 0 Å². The van der Waals surface area contributed by atoms with Gasteiger partial charge in [-0.05, 0) is 11.6 Å². The first-order chi connectivity index (χ1) is 4.33. The fourth-order valence-electron chi connectivity index (χ4n) is 0.708. The monoisotopic (exact) mass is 135 g/mol. The molecule has 0 heterocycles. The second-order valence-corrected chi connectivity index (χ2v) is 2.41. The van der Waals surface area contributed by atoms with Crippen LogP contribution in [0.5, 0.6) is 0 Å². The molecule has 1 heteroatoms. The number of hydrogen-bond donors (Lipinski definition) is 0. The Morgan fingerprint density at radius 3 is 2.89 bits per heavy atom. The average Bonchev–Trinajstić information content (AvgIpc) is 1.88. The van der Waals surface area contributed by atoms with E-state index >= 15 is 0 Å². The summed E-state index contributed by atoms with van der Waals surface area (Å²) in [6, 6.07) is 0. The van der Waals surface area contributed by atoms with Gasteiger partial charge in [0.25, 0.3) is 0 Å². The molecule has 0 N–H and O–H groups in total. The van der Waals surface area contributed by atoms with Gasteiger partial charge in [-0.3, -0.25) is 0 Å². The van der Waals surface area contributed by atoms with Crippen LogP contribution in [0.1, 0.15) is 6.42 Å². The molecule has 9 heavy (non-hydrogen) atoms. The van der Waals surface area contributed by atoms with Gasteiger partial charge in [-0.25, -0.2) is 0 Å². The fraction of sp³-hybridized carbons (Fsp3) is 0.125. The zero-order valence-corrected chi connectivity index (χ0v) is 5.82. The van der Waals surface area contributed by atoms with Crippen molar-refractivity contribution >= 4 is 17.1 Å². The molecule has 0 aromatic heterocycles. The molecule has 1 aliphatic rings. The maximum Gasteiger partial charge on any atom is 0.0195 e. The van der Waals surface area contributed by atoms with Crippen LogP contribution in [0.3, 0.4) is 0 Å². The van der Waals surface area contributed by atoms with E-state index in [9.17, 15) is 0 Å². The van der Waals surface area contributed by atoms with Crippen molar-refractivity contribution in [3.8, 4) is 0 Å². The largest absolute Gasteiger partial charge is 0.0846 e. The van der Waals surface area contributed by atoms with Gasteiger partial charge in [-0.2, -0.15) is 0 Å². The van der Waals surface area contributed by atoms with Crippen molar-refractivity contribution in [3.05, 3.63) is 36.5 Å². The molecule has 0 atom stereocenters. The first-order valence-electron chi connectivity index (χ1n) is 2.79. The summed E-state index contributed by atoms with van der Waals surface area (Å²) in [5.74, 6) is 0. The first kappa shape index (κ1) is 6.43. The van der Waals surface area contributed by atoms with Crippen molar-refractivity contribution in [1.82, 2.24) is 0 Å². The van der Waals surface area contributed by atoms with Gasteiger partial charge in [0.1, 0.15) is 0 Å². The Morgan fingerprint density at radius 1 is 1.67 bits per heavy atom. The minimum absolute atomic E-state index is 0.882. The lowest BCUT2D eigenvalue weighted by Gasteiger charge is -2.00. The average molecular weight is 135 g/mol. The van der Waals surface area contributed by atoms with E-state index in [1.807, 2.05) is 18.2 Å². The number of allylic oxidation sites excluding steroid dienone is 5. The molecular weight excluding hydrogens is 128 g/mol. The smallest absolute Gasteiger partial charge is 0.0195 e. The molecule has 45 valence electrons. The van der Waals surface area contributed by atoms with Gasteiger partial charge >= 0.3 is 0 Å². The van der Waals surface area contributed by atoms with E-state index in [0.717, 1.165) is 16.9 Å². The zero-order chi connectivity index (χ0) is 6.69. The van der Waals surface area contributed by atoms with Gasteiger partial charge in [0.2, 0.25) is 0 Å². The third kappa shape index (κ3) is 1.61. The van der Waals surface area contributed by atoms with Gasteiger partial charge in [0, 0.05) is 11.3 Å². The second-order valence-electron chi connectivity index (χ2n) is 1.88. The molecular formula is C8H7S. The van der Waals surface area contributed by atoms with Gasteiger partial charge in [0.05, 0.1) is 0 Å². The molecule has 1 aliphatic carbocycles. The van der Waals surface area contributed by atoms with Crippen LogP contribution in [-0.4, -0.2) is 4.86 Å². The minimum Gasteiger partial charge on any atom is -0.0846 e. The zero-order valence-electron chi connectivity index (χ0n) is 5.00. The molecule has 1 rings (SSSR count). The summed E-state index contributed by atoms with van der Waals surface area (Å²) in [7, 11) is 0. The maximum absolute atomic E-state index is 5.26. The van der Waals surface area contributed by atoms with Gasteiger partial charge in [-0.15, -0.1) is 0 Å². The van der Waals surface area contributed by atoms with E-state index in [1.165, 1.54) is 0 Å². The molecule has 0 spiro atoms. The highest BCUT2D eigenvalue weighted by Crippen LogP contribution is 2.07. The summed E-state index contributed by atoms with van der Waals surface area (Å²) in [4.78, 5) is 0.953. The quantitative estimate of drug-likeness (QED) is 0.497. The normalized spacial score (nSPS) is 17.3. The molecule has 0 amide bonds. The predicted octanol–water partition coefficient (Wildman–Crippen LogP) is 2.23. The Balaban J connectivity index is 2.82. The number of hydrogen-bond acceptors (Lipinski definition) is 1. The van der Waals surface area contributed by atoms with Crippen LogP contribution in [-0.2, 0) is 0 Å². The third-order valence-corrected chi connectivity index (χ3v) is 1.43. The van der Waals surface area contributed by atoms with E-state index in [2.05, 4.69) is 0 Å². The first-order valence-corrected chi connectivity index (χ1v) is 3.20. The van der Waals surface area contributed by atoms with Crippen LogP contribution >= 0.6 is 12.2 Å². The van der Waals surface area contributed by atoms with Crippen molar-refractivity contribution in [2.24, 2.45) is 0 Å². The fourth-order valence-corrected chi connectivity index (χ4v) is 0.940. The predicted molar refractivity (Wildman–Crippen MR) is 43.3 cm³/mol. The summed E-state index contributed by atoms with van der Waals surface area (Å²) in [5.41, 5.74) is 1.01. The summed E-state index contributed by atoms with van der Waals surface area (Å²) < 4.78 is 0. The molecule has 0 unspecified atom stereocenters. The molecule has 0 saturated carbocycles. The lowest BCUT2D eigenvalue weighted by molar-refractivity contribution is 1.47. The van der Waals surface area contributed by atoms with Crippen LogP contribution in [0, 0.1) is 6.58 Å². The van der Waals surface area contributed by atoms with Crippen LogP contribution in [0.4, 0.5) is 0 Å². The molecule has 0 fully saturated rings. The van der Waals surface area contributed by atoms with Crippen molar-refractivity contribution in [1.29, 1.82) is 0 Å². The van der Waals surface area contributed by atoms with E-state index in [4.69, 9.17) is 18.8 Å². The Bertz CT molecular complexity index is 197. The topological polar surface area (TPSA) is 0 Å². The molecule has 0 aromatic carbocycles. The molecule has 0 aromatic rings. The van der Waals surface area contributed by atoms with E-state index in [1.54, 1.807) is 6.08 Å². The van der Waals surface area contributed by atoms with Crippen molar-refractivity contribution in [2.75, 3.05) is 0 Å². The van der Waals surface area contributed by atoms with Crippen LogP contribution in [0.25, 0.3) is 0 Å². The molecule has 0 saturated heterocycles. The van der Waals surface area contributed by atoms with Crippen LogP contribution in [0.2, 0.25) is 0 Å². The van der Waals surface area contributed by atoms with Crippen molar-refractivity contribution in [2.45, 2.75) is 6.42 Å².